The van der Waals surface area contributed by atoms with E-state index in [4.69, 9.17) is 5.73 Å². The first kappa shape index (κ1) is 12.2. The maximum absolute atomic E-state index is 12.3. The number of hydrogen-bond donors (Lipinski definition) is 2. The molecule has 0 saturated heterocycles. The Balaban J connectivity index is 2.16. The molecular weight excluding hydrogens is 256 g/mol. The van der Waals surface area contributed by atoms with Crippen LogP contribution >= 0.6 is 0 Å². The summed E-state index contributed by atoms with van der Waals surface area (Å²) in [6.07, 6.45) is 1.56. The van der Waals surface area contributed by atoms with E-state index in [1.54, 1.807) is 42.6 Å². The topological polar surface area (TPSA) is 93.8 Å². The first-order chi connectivity index (χ1) is 9.65. The lowest BCUT2D eigenvalue weighted by Crippen LogP contribution is -2.30. The van der Waals surface area contributed by atoms with Crippen molar-refractivity contribution in [3.05, 3.63) is 69.0 Å². The molecule has 6 heteroatoms. The van der Waals surface area contributed by atoms with Crippen LogP contribution in [0.3, 0.4) is 0 Å². The minimum atomic E-state index is -0.302. The number of benzene rings is 1. The van der Waals surface area contributed by atoms with Gasteiger partial charge in [-0.3, -0.25) is 19.7 Å². The van der Waals surface area contributed by atoms with Gasteiger partial charge in [0.2, 0.25) is 0 Å². The van der Waals surface area contributed by atoms with E-state index in [1.807, 2.05) is 0 Å². The third-order valence-electron chi connectivity index (χ3n) is 3.04. The molecule has 2 heterocycles. The van der Waals surface area contributed by atoms with Gasteiger partial charge < -0.3 is 5.73 Å². The molecule has 0 aliphatic heterocycles. The average Bonchev–Trinajstić information content (AvgIpc) is 2.45. The molecular formula is C14H12N4O2. The van der Waals surface area contributed by atoms with Crippen LogP contribution in [0, 0.1) is 0 Å². The van der Waals surface area contributed by atoms with Gasteiger partial charge in [0.15, 0.2) is 0 Å². The van der Waals surface area contributed by atoms with Gasteiger partial charge in [0.1, 0.15) is 0 Å². The molecule has 3 aromatic rings. The maximum Gasteiger partial charge on any atom is 0.273 e. The fraction of sp³-hybridized carbons (Fsp3) is 0.0714. The van der Waals surface area contributed by atoms with Crippen molar-refractivity contribution in [3.63, 3.8) is 0 Å². The predicted molar refractivity (Wildman–Crippen MR) is 76.6 cm³/mol. The average molecular weight is 268 g/mol. The van der Waals surface area contributed by atoms with Gasteiger partial charge in [-0.15, -0.1) is 0 Å². The lowest BCUT2D eigenvalue weighted by atomic mass is 10.2. The van der Waals surface area contributed by atoms with Crippen LogP contribution in [0.15, 0.2) is 52.2 Å². The van der Waals surface area contributed by atoms with E-state index in [9.17, 15) is 9.59 Å². The molecule has 0 atom stereocenters. The first-order valence-corrected chi connectivity index (χ1v) is 6.07. The number of nitrogens with one attached hydrogen (secondary N) is 1. The molecule has 3 rings (SSSR count). The Morgan fingerprint density at radius 2 is 1.90 bits per heavy atom. The standard InChI is InChI=1S/C14H12N4O2/c15-9-5-6-16-10(7-9)8-18-14(20)12-4-2-1-3-11(12)13(19)17-18/h1-7H,8H2,(H2,15,16)(H,17,19). The number of aromatic amines is 1. The normalized spacial score (nSPS) is 10.8. The van der Waals surface area contributed by atoms with Crippen molar-refractivity contribution in [2.45, 2.75) is 6.54 Å². The molecule has 0 radical (unpaired) electrons. The Kier molecular flexibility index (Phi) is 2.83. The molecule has 0 spiro atoms. The number of pyridine rings is 1. The lowest BCUT2D eigenvalue weighted by molar-refractivity contribution is 0.626. The summed E-state index contributed by atoms with van der Waals surface area (Å²) in [6.45, 7) is 0.171. The number of hydrogen-bond acceptors (Lipinski definition) is 4. The van der Waals surface area contributed by atoms with E-state index in [0.717, 1.165) is 0 Å². The summed E-state index contributed by atoms with van der Waals surface area (Å²) >= 11 is 0. The van der Waals surface area contributed by atoms with E-state index in [0.29, 0.717) is 22.2 Å². The predicted octanol–water partition coefficient (Wildman–Crippen LogP) is 0.715. The highest BCUT2D eigenvalue weighted by Gasteiger charge is 2.07. The second-order valence-electron chi connectivity index (χ2n) is 4.46. The Morgan fingerprint density at radius 3 is 2.65 bits per heavy atom. The summed E-state index contributed by atoms with van der Waals surface area (Å²) in [4.78, 5) is 28.4. The molecule has 100 valence electrons. The highest BCUT2D eigenvalue weighted by Crippen LogP contribution is 2.05. The number of fused-ring (bicyclic) bond motifs is 1. The molecule has 0 aliphatic carbocycles. The Morgan fingerprint density at radius 1 is 1.15 bits per heavy atom. The third kappa shape index (κ3) is 2.07. The zero-order valence-corrected chi connectivity index (χ0v) is 10.5. The maximum atomic E-state index is 12.3. The number of nitrogens with two attached hydrogens (primary N) is 1. The second kappa shape index (κ2) is 4.65. The third-order valence-corrected chi connectivity index (χ3v) is 3.04. The number of nitrogen functional groups attached to an aromatic ring is 1. The van der Waals surface area contributed by atoms with Crippen LogP contribution in [0.2, 0.25) is 0 Å². The molecule has 0 fully saturated rings. The first-order valence-electron chi connectivity index (χ1n) is 6.07. The SMILES string of the molecule is Nc1ccnc(Cn2[nH]c(=O)c3ccccc3c2=O)c1. The summed E-state index contributed by atoms with van der Waals surface area (Å²) in [5, 5.41) is 3.33. The smallest absolute Gasteiger partial charge is 0.273 e. The number of nitrogens with zero attached hydrogens (tertiary/aromatic N) is 2. The summed E-state index contributed by atoms with van der Waals surface area (Å²) in [5.41, 5.74) is 6.28. The zero-order chi connectivity index (χ0) is 14.1. The second-order valence-corrected chi connectivity index (χ2v) is 4.46. The quantitative estimate of drug-likeness (QED) is 0.716. The van der Waals surface area contributed by atoms with Crippen molar-refractivity contribution in [1.82, 2.24) is 14.8 Å². The molecule has 3 N–H and O–H groups in total. The highest BCUT2D eigenvalue weighted by molar-refractivity contribution is 5.80. The fourth-order valence-corrected chi connectivity index (χ4v) is 2.10. The van der Waals surface area contributed by atoms with Crippen molar-refractivity contribution in [1.29, 1.82) is 0 Å². The molecule has 0 unspecified atom stereocenters. The van der Waals surface area contributed by atoms with Gasteiger partial charge in [0.05, 0.1) is 23.0 Å². The van der Waals surface area contributed by atoms with Crippen molar-refractivity contribution in [3.8, 4) is 0 Å². The van der Waals surface area contributed by atoms with Crippen molar-refractivity contribution >= 4 is 16.5 Å². The summed E-state index contributed by atoms with van der Waals surface area (Å²) in [5.74, 6) is 0. The minimum Gasteiger partial charge on any atom is -0.399 e. The summed E-state index contributed by atoms with van der Waals surface area (Å²) in [7, 11) is 0. The Hall–Kier alpha value is -2.89. The van der Waals surface area contributed by atoms with Gasteiger partial charge in [0.25, 0.3) is 11.1 Å². The molecule has 20 heavy (non-hydrogen) atoms. The zero-order valence-electron chi connectivity index (χ0n) is 10.5. The molecule has 0 aliphatic rings. The van der Waals surface area contributed by atoms with Gasteiger partial charge >= 0.3 is 0 Å². The number of aromatic nitrogens is 3. The Bertz CT molecular complexity index is 895. The van der Waals surface area contributed by atoms with E-state index in [-0.39, 0.29) is 17.7 Å². The minimum absolute atomic E-state index is 0.171. The van der Waals surface area contributed by atoms with Crippen molar-refractivity contribution in [2.24, 2.45) is 0 Å². The van der Waals surface area contributed by atoms with Crippen LogP contribution in [0.25, 0.3) is 10.8 Å². The van der Waals surface area contributed by atoms with Crippen LogP contribution in [-0.4, -0.2) is 14.8 Å². The molecule has 1 aromatic carbocycles. The lowest BCUT2D eigenvalue weighted by Gasteiger charge is -2.07. The molecule has 0 amide bonds. The monoisotopic (exact) mass is 268 g/mol. The van der Waals surface area contributed by atoms with Crippen molar-refractivity contribution < 1.29 is 0 Å². The van der Waals surface area contributed by atoms with Gasteiger partial charge in [-0.1, -0.05) is 12.1 Å². The number of anilines is 1. The van der Waals surface area contributed by atoms with E-state index >= 15 is 0 Å². The summed E-state index contributed by atoms with van der Waals surface area (Å²) in [6, 6.07) is 10.0. The van der Waals surface area contributed by atoms with E-state index in [2.05, 4.69) is 10.1 Å². The molecule has 6 nitrogen and oxygen atoms in total. The molecule has 2 aromatic heterocycles. The number of rotatable bonds is 2. The van der Waals surface area contributed by atoms with Crippen LogP contribution in [0.4, 0.5) is 5.69 Å². The van der Waals surface area contributed by atoms with E-state index in [1.165, 1.54) is 4.68 Å². The van der Waals surface area contributed by atoms with Crippen LogP contribution < -0.4 is 16.9 Å². The van der Waals surface area contributed by atoms with Gasteiger partial charge in [0, 0.05) is 11.9 Å². The van der Waals surface area contributed by atoms with Gasteiger partial charge in [-0.25, -0.2) is 4.68 Å². The largest absolute Gasteiger partial charge is 0.399 e. The van der Waals surface area contributed by atoms with Crippen molar-refractivity contribution in [2.75, 3.05) is 5.73 Å². The fourth-order valence-electron chi connectivity index (χ4n) is 2.10. The molecule has 0 saturated carbocycles. The molecule has 0 bridgehead atoms. The Labute approximate surface area is 113 Å². The van der Waals surface area contributed by atoms with Crippen LogP contribution in [0.5, 0.6) is 0 Å². The highest BCUT2D eigenvalue weighted by atomic mass is 16.2. The summed E-state index contributed by atoms with van der Waals surface area (Å²) < 4.78 is 1.24. The number of H-pyrrole nitrogens is 1. The van der Waals surface area contributed by atoms with Crippen LogP contribution in [-0.2, 0) is 6.54 Å². The van der Waals surface area contributed by atoms with E-state index < -0.39 is 0 Å². The van der Waals surface area contributed by atoms with Gasteiger partial charge in [-0.2, -0.15) is 0 Å². The van der Waals surface area contributed by atoms with Gasteiger partial charge in [-0.05, 0) is 24.3 Å². The van der Waals surface area contributed by atoms with Crippen LogP contribution in [0.1, 0.15) is 5.69 Å².